The molecule has 1 aliphatic rings. The predicted octanol–water partition coefficient (Wildman–Crippen LogP) is 0.788. The lowest BCUT2D eigenvalue weighted by Gasteiger charge is -2.18. The summed E-state index contributed by atoms with van der Waals surface area (Å²) in [5.74, 6) is -0.595. The molecule has 6 heteroatoms. The van der Waals surface area contributed by atoms with Gasteiger partial charge >= 0.3 is 5.97 Å². The molecule has 0 aromatic rings. The van der Waals surface area contributed by atoms with Crippen molar-refractivity contribution in [1.29, 1.82) is 15.8 Å². The number of hydrogen-bond acceptors (Lipinski definition) is 6. The number of rotatable bonds is 1. The highest BCUT2D eigenvalue weighted by atomic mass is 16.5. The van der Waals surface area contributed by atoms with Gasteiger partial charge in [-0.05, 0) is 13.0 Å². The second kappa shape index (κ2) is 5.34. The number of nitrogens with one attached hydrogen (secondary N) is 1. The van der Waals surface area contributed by atoms with E-state index in [0.29, 0.717) is 5.70 Å². The molecule has 0 aliphatic carbocycles. The molecule has 0 radical (unpaired) electrons. The number of ether oxygens (including phenoxy) is 1. The van der Waals surface area contributed by atoms with Crippen molar-refractivity contribution in [2.24, 2.45) is 0 Å². The van der Waals surface area contributed by atoms with Crippen molar-refractivity contribution >= 4 is 5.97 Å². The number of hydrogen-bond donors (Lipinski definition) is 1. The number of esters is 1. The summed E-state index contributed by atoms with van der Waals surface area (Å²) in [5.41, 5.74) is 0.532. The summed E-state index contributed by atoms with van der Waals surface area (Å²) in [4.78, 5) is 11.4. The van der Waals surface area contributed by atoms with Crippen LogP contribution in [0, 0.1) is 34.0 Å². The third-order valence-electron chi connectivity index (χ3n) is 2.27. The predicted molar refractivity (Wildman–Crippen MR) is 59.8 cm³/mol. The molecule has 0 aromatic heterocycles. The largest absolute Gasteiger partial charge is 0.465 e. The minimum absolute atomic E-state index is 0.0408. The van der Waals surface area contributed by atoms with Crippen LogP contribution in [0.25, 0.3) is 0 Å². The fourth-order valence-corrected chi connectivity index (χ4v) is 1.39. The van der Waals surface area contributed by atoms with Gasteiger partial charge in [-0.15, -0.1) is 0 Å². The zero-order valence-electron chi connectivity index (χ0n) is 9.74. The zero-order valence-corrected chi connectivity index (χ0v) is 9.74. The maximum Gasteiger partial charge on any atom is 0.339 e. The molecule has 0 saturated carbocycles. The number of allylic oxidation sites excluding steroid dienone is 3. The van der Waals surface area contributed by atoms with Crippen LogP contribution in [0.2, 0.25) is 0 Å². The molecular weight excluding hydrogens is 232 g/mol. The Kier molecular flexibility index (Phi) is 3.86. The van der Waals surface area contributed by atoms with Crippen LogP contribution in [0.4, 0.5) is 0 Å². The monoisotopic (exact) mass is 240 g/mol. The molecule has 6 nitrogen and oxygen atoms in total. The molecule has 0 unspecified atom stereocenters. The lowest BCUT2D eigenvalue weighted by Crippen LogP contribution is -2.23. The van der Waals surface area contributed by atoms with E-state index in [1.807, 2.05) is 6.07 Å². The summed E-state index contributed by atoms with van der Waals surface area (Å²) in [6.07, 6.45) is 1.29. The van der Waals surface area contributed by atoms with Crippen LogP contribution in [0.15, 0.2) is 34.2 Å². The Morgan fingerprint density at radius 3 is 2.39 bits per heavy atom. The van der Waals surface area contributed by atoms with Gasteiger partial charge in [0.05, 0.1) is 24.0 Å². The van der Waals surface area contributed by atoms with Crippen molar-refractivity contribution in [1.82, 2.24) is 5.32 Å². The second-order valence-corrected chi connectivity index (χ2v) is 3.30. The number of nitrogens with zero attached hydrogens (tertiary/aromatic N) is 3. The third-order valence-corrected chi connectivity index (χ3v) is 2.27. The highest BCUT2D eigenvalue weighted by Gasteiger charge is 2.22. The number of carbonyl (C=O) groups is 1. The highest BCUT2D eigenvalue weighted by molar-refractivity contribution is 5.93. The Labute approximate surface area is 104 Å². The quantitative estimate of drug-likeness (QED) is 0.536. The van der Waals surface area contributed by atoms with E-state index in [1.165, 1.54) is 13.2 Å². The summed E-state index contributed by atoms with van der Waals surface area (Å²) in [7, 11) is 1.23. The Morgan fingerprint density at radius 1 is 1.33 bits per heavy atom. The Bertz CT molecular complexity index is 602. The highest BCUT2D eigenvalue weighted by Crippen LogP contribution is 2.22. The Balaban J connectivity index is 3.41. The van der Waals surface area contributed by atoms with E-state index in [-0.39, 0.29) is 22.4 Å². The number of dihydropyridines is 1. The first kappa shape index (κ1) is 13.0. The zero-order chi connectivity index (χ0) is 13.7. The fourth-order valence-electron chi connectivity index (χ4n) is 1.39. The maximum absolute atomic E-state index is 11.4. The number of methoxy groups -OCH3 is 1. The van der Waals surface area contributed by atoms with Gasteiger partial charge < -0.3 is 10.1 Å². The van der Waals surface area contributed by atoms with Crippen LogP contribution >= 0.6 is 0 Å². The molecule has 0 bridgehead atoms. The van der Waals surface area contributed by atoms with Gasteiger partial charge in [0, 0.05) is 5.70 Å². The first-order chi connectivity index (χ1) is 8.58. The average molecular weight is 240 g/mol. The van der Waals surface area contributed by atoms with Crippen LogP contribution in [0.5, 0.6) is 0 Å². The van der Waals surface area contributed by atoms with Crippen LogP contribution < -0.4 is 5.32 Å². The molecule has 0 atom stereocenters. The minimum atomic E-state index is -0.595. The van der Waals surface area contributed by atoms with E-state index in [2.05, 4.69) is 10.1 Å². The van der Waals surface area contributed by atoms with Gasteiger partial charge in [-0.3, -0.25) is 0 Å². The van der Waals surface area contributed by atoms with Gasteiger partial charge in [0.15, 0.2) is 5.57 Å². The Morgan fingerprint density at radius 2 is 1.94 bits per heavy atom. The molecule has 0 fully saturated rings. The van der Waals surface area contributed by atoms with Gasteiger partial charge in [-0.2, -0.15) is 15.8 Å². The van der Waals surface area contributed by atoms with Gasteiger partial charge in [0.1, 0.15) is 18.2 Å². The van der Waals surface area contributed by atoms with Gasteiger partial charge in [-0.1, -0.05) is 0 Å². The van der Waals surface area contributed by atoms with Crippen molar-refractivity contribution < 1.29 is 9.53 Å². The molecule has 0 spiro atoms. The van der Waals surface area contributed by atoms with E-state index in [4.69, 9.17) is 15.8 Å². The number of nitriles is 3. The molecule has 1 aliphatic heterocycles. The standard InChI is InChI=1S/C12H8N4O2/c1-7-10(12(17)18-2)3-8(4-13)11(16-7)9(5-14)6-15/h3,16H,1-2H3. The molecule has 0 amide bonds. The lowest BCUT2D eigenvalue weighted by molar-refractivity contribution is -0.135. The van der Waals surface area contributed by atoms with Crippen LogP contribution in [-0.2, 0) is 9.53 Å². The van der Waals surface area contributed by atoms with E-state index < -0.39 is 5.97 Å². The smallest absolute Gasteiger partial charge is 0.339 e. The van der Waals surface area contributed by atoms with Gasteiger partial charge in [0.2, 0.25) is 0 Å². The Hall–Kier alpha value is -3.04. The summed E-state index contributed by atoms with van der Waals surface area (Å²) in [6, 6.07) is 5.21. The van der Waals surface area contributed by atoms with Gasteiger partial charge in [0.25, 0.3) is 0 Å². The topological polar surface area (TPSA) is 110 Å². The molecule has 1 N–H and O–H groups in total. The van der Waals surface area contributed by atoms with Gasteiger partial charge in [-0.25, -0.2) is 4.79 Å². The van der Waals surface area contributed by atoms with Crippen LogP contribution in [0.3, 0.4) is 0 Å². The average Bonchev–Trinajstić information content (AvgIpc) is 2.39. The van der Waals surface area contributed by atoms with Crippen molar-refractivity contribution in [2.45, 2.75) is 6.92 Å². The first-order valence-corrected chi connectivity index (χ1v) is 4.81. The fraction of sp³-hybridized carbons (Fsp3) is 0.167. The molecule has 0 aromatic carbocycles. The molecule has 88 valence electrons. The molecule has 0 saturated heterocycles. The lowest BCUT2D eigenvalue weighted by atomic mass is 10.0. The normalized spacial score (nSPS) is 13.5. The number of carbonyl (C=O) groups excluding carboxylic acids is 1. The summed E-state index contributed by atoms with van der Waals surface area (Å²) in [5, 5.41) is 29.2. The van der Waals surface area contributed by atoms with E-state index in [0.717, 1.165) is 0 Å². The van der Waals surface area contributed by atoms with Crippen LogP contribution in [0.1, 0.15) is 6.92 Å². The molecule has 18 heavy (non-hydrogen) atoms. The van der Waals surface area contributed by atoms with E-state index >= 15 is 0 Å². The van der Waals surface area contributed by atoms with Crippen molar-refractivity contribution in [3.8, 4) is 18.2 Å². The molecule has 1 heterocycles. The van der Waals surface area contributed by atoms with Crippen LogP contribution in [-0.4, -0.2) is 13.1 Å². The summed E-state index contributed by atoms with van der Waals surface area (Å²) in [6.45, 7) is 1.59. The van der Waals surface area contributed by atoms with E-state index in [9.17, 15) is 4.79 Å². The second-order valence-electron chi connectivity index (χ2n) is 3.30. The molecular formula is C12H8N4O2. The summed E-state index contributed by atoms with van der Waals surface area (Å²) < 4.78 is 4.56. The van der Waals surface area contributed by atoms with Crippen molar-refractivity contribution in [2.75, 3.05) is 7.11 Å². The minimum Gasteiger partial charge on any atom is -0.465 e. The SMILES string of the molecule is COC(=O)C1=C(C)NC(=C(C#N)C#N)C(C#N)=C1. The maximum atomic E-state index is 11.4. The third kappa shape index (κ3) is 2.21. The van der Waals surface area contributed by atoms with E-state index in [1.54, 1.807) is 19.1 Å². The van der Waals surface area contributed by atoms with Crippen molar-refractivity contribution in [3.63, 3.8) is 0 Å². The first-order valence-electron chi connectivity index (χ1n) is 4.81. The molecule has 1 rings (SSSR count). The van der Waals surface area contributed by atoms with Crippen molar-refractivity contribution in [3.05, 3.63) is 34.2 Å². The summed E-state index contributed by atoms with van der Waals surface area (Å²) >= 11 is 0.